The zero-order chi connectivity index (χ0) is 18.0. The second-order valence-corrected chi connectivity index (χ2v) is 6.36. The smallest absolute Gasteiger partial charge is 0.322 e. The Morgan fingerprint density at radius 2 is 1.76 bits per heavy atom. The van der Waals surface area contributed by atoms with Gasteiger partial charge in [0.15, 0.2) is 0 Å². The maximum Gasteiger partial charge on any atom is 0.322 e. The molecule has 1 saturated heterocycles. The predicted octanol–water partition coefficient (Wildman–Crippen LogP) is 1.41. The highest BCUT2D eigenvalue weighted by Gasteiger charge is 2.43. The van der Waals surface area contributed by atoms with E-state index in [1.807, 2.05) is 13.8 Å². The molecule has 0 spiro atoms. The number of carbonyl (C=O) groups is 3. The van der Waals surface area contributed by atoms with Gasteiger partial charge in [0.25, 0.3) is 11.8 Å². The molecule has 1 unspecified atom stereocenters. The third-order valence-corrected chi connectivity index (χ3v) is 4.78. The van der Waals surface area contributed by atoms with Crippen molar-refractivity contribution in [2.75, 3.05) is 6.54 Å². The number of carbonyl (C=O) groups excluding carboxylic acids is 3. The van der Waals surface area contributed by atoms with E-state index >= 15 is 0 Å². The molecule has 138 valence electrons. The first-order chi connectivity index (χ1) is 11.2. The lowest BCUT2D eigenvalue weighted by atomic mass is 9.91. The van der Waals surface area contributed by atoms with E-state index in [2.05, 4.69) is 16.0 Å². The summed E-state index contributed by atoms with van der Waals surface area (Å²) in [5, 5.41) is 7.64. The monoisotopic (exact) mass is 368 g/mol. The Balaban J connectivity index is 0.00000312. The van der Waals surface area contributed by atoms with E-state index in [1.165, 1.54) is 0 Å². The van der Waals surface area contributed by atoms with Crippen molar-refractivity contribution in [2.45, 2.75) is 44.7 Å². The molecule has 25 heavy (non-hydrogen) atoms. The summed E-state index contributed by atoms with van der Waals surface area (Å²) in [7, 11) is 0. The molecule has 0 saturated carbocycles. The lowest BCUT2D eigenvalue weighted by Gasteiger charge is -2.27. The first kappa shape index (κ1) is 20.9. The van der Waals surface area contributed by atoms with Gasteiger partial charge in [-0.3, -0.25) is 14.9 Å². The number of imide groups is 1. The zero-order valence-corrected chi connectivity index (χ0v) is 15.5. The van der Waals surface area contributed by atoms with Gasteiger partial charge in [-0.1, -0.05) is 26.0 Å². The average molecular weight is 369 g/mol. The molecule has 0 aliphatic carbocycles. The van der Waals surface area contributed by atoms with Crippen LogP contribution in [0.1, 0.15) is 49.5 Å². The minimum absolute atomic E-state index is 0. The van der Waals surface area contributed by atoms with Crippen LogP contribution in [0, 0.1) is 0 Å². The number of nitrogens with two attached hydrogens (primary N) is 1. The van der Waals surface area contributed by atoms with E-state index in [0.717, 1.165) is 12.8 Å². The molecule has 0 radical (unpaired) electrons. The number of nitrogens with one attached hydrogen (secondary N) is 3. The van der Waals surface area contributed by atoms with Crippen molar-refractivity contribution in [3.05, 3.63) is 35.4 Å². The van der Waals surface area contributed by atoms with E-state index in [9.17, 15) is 14.4 Å². The molecule has 1 aromatic carbocycles. The second-order valence-electron chi connectivity index (χ2n) is 6.36. The Kier molecular flexibility index (Phi) is 6.56. The van der Waals surface area contributed by atoms with Gasteiger partial charge in [-0.25, -0.2) is 4.79 Å². The minimum atomic E-state index is -1.12. The highest BCUT2D eigenvalue weighted by molar-refractivity contribution is 6.07. The maximum absolute atomic E-state index is 12.2. The highest BCUT2D eigenvalue weighted by Crippen LogP contribution is 2.24. The van der Waals surface area contributed by atoms with Crippen LogP contribution in [-0.4, -0.2) is 29.9 Å². The van der Waals surface area contributed by atoms with Crippen molar-refractivity contribution in [1.29, 1.82) is 0 Å². The summed E-state index contributed by atoms with van der Waals surface area (Å²) >= 11 is 0. The third kappa shape index (κ3) is 4.29. The zero-order valence-electron chi connectivity index (χ0n) is 14.6. The summed E-state index contributed by atoms with van der Waals surface area (Å²) in [4.78, 5) is 35.5. The molecule has 1 fully saturated rings. The van der Waals surface area contributed by atoms with Crippen molar-refractivity contribution in [3.63, 3.8) is 0 Å². The second kappa shape index (κ2) is 7.84. The van der Waals surface area contributed by atoms with Gasteiger partial charge in [0.05, 0.1) is 0 Å². The predicted molar refractivity (Wildman–Crippen MR) is 97.6 cm³/mol. The van der Waals surface area contributed by atoms with E-state index in [1.54, 1.807) is 31.2 Å². The van der Waals surface area contributed by atoms with Gasteiger partial charge in [-0.15, -0.1) is 12.4 Å². The summed E-state index contributed by atoms with van der Waals surface area (Å²) in [5.41, 5.74) is 5.73. The van der Waals surface area contributed by atoms with Crippen LogP contribution < -0.4 is 21.7 Å². The van der Waals surface area contributed by atoms with Crippen LogP contribution in [0.4, 0.5) is 4.79 Å². The Morgan fingerprint density at radius 3 is 2.20 bits per heavy atom. The number of amides is 4. The van der Waals surface area contributed by atoms with Crippen LogP contribution in [-0.2, 0) is 10.3 Å². The van der Waals surface area contributed by atoms with Crippen LogP contribution in [0.15, 0.2) is 24.3 Å². The van der Waals surface area contributed by atoms with E-state index in [-0.39, 0.29) is 18.3 Å². The highest BCUT2D eigenvalue weighted by atomic mass is 35.5. The molecule has 1 aromatic rings. The number of hydrogen-bond acceptors (Lipinski definition) is 4. The van der Waals surface area contributed by atoms with E-state index in [0.29, 0.717) is 17.7 Å². The van der Waals surface area contributed by atoms with Crippen molar-refractivity contribution in [1.82, 2.24) is 16.0 Å². The molecule has 0 bridgehead atoms. The summed E-state index contributed by atoms with van der Waals surface area (Å²) in [6.07, 6.45) is 1.55. The molecule has 1 aliphatic heterocycles. The van der Waals surface area contributed by atoms with Crippen molar-refractivity contribution in [3.8, 4) is 0 Å². The van der Waals surface area contributed by atoms with E-state index < -0.39 is 23.0 Å². The quantitative estimate of drug-likeness (QED) is 0.568. The van der Waals surface area contributed by atoms with Crippen molar-refractivity contribution in [2.24, 2.45) is 5.73 Å². The number of hydrogen-bond donors (Lipinski definition) is 4. The lowest BCUT2D eigenvalue weighted by molar-refractivity contribution is -0.123. The summed E-state index contributed by atoms with van der Waals surface area (Å²) in [6, 6.07) is 6.06. The third-order valence-electron chi connectivity index (χ3n) is 4.78. The first-order valence-electron chi connectivity index (χ1n) is 8.05. The van der Waals surface area contributed by atoms with Crippen molar-refractivity contribution >= 4 is 30.3 Å². The van der Waals surface area contributed by atoms with Crippen molar-refractivity contribution < 1.29 is 14.4 Å². The minimum Gasteiger partial charge on any atom is -0.350 e. The van der Waals surface area contributed by atoms with Gasteiger partial charge in [-0.2, -0.15) is 0 Å². The largest absolute Gasteiger partial charge is 0.350 e. The summed E-state index contributed by atoms with van der Waals surface area (Å²) < 4.78 is 0. The van der Waals surface area contributed by atoms with Gasteiger partial charge in [-0.05, 0) is 37.5 Å². The lowest BCUT2D eigenvalue weighted by Crippen LogP contribution is -2.49. The number of rotatable bonds is 6. The molecule has 4 amide bonds. The van der Waals surface area contributed by atoms with E-state index in [4.69, 9.17) is 5.73 Å². The van der Waals surface area contributed by atoms with Crippen LogP contribution in [0.25, 0.3) is 0 Å². The molecule has 7 nitrogen and oxygen atoms in total. The summed E-state index contributed by atoms with van der Waals surface area (Å²) in [5.74, 6) is -0.633. The van der Waals surface area contributed by atoms with Gasteiger partial charge < -0.3 is 16.4 Å². The molecule has 1 aliphatic rings. The molecular formula is C17H25ClN4O3. The number of benzene rings is 1. The topological polar surface area (TPSA) is 113 Å². The van der Waals surface area contributed by atoms with Crippen LogP contribution in [0.2, 0.25) is 0 Å². The fraction of sp³-hybridized carbons (Fsp3) is 0.471. The fourth-order valence-corrected chi connectivity index (χ4v) is 2.56. The Morgan fingerprint density at radius 1 is 1.20 bits per heavy atom. The molecule has 1 atom stereocenters. The normalized spacial score (nSPS) is 19.7. The van der Waals surface area contributed by atoms with Gasteiger partial charge in [0.1, 0.15) is 5.54 Å². The van der Waals surface area contributed by atoms with Gasteiger partial charge in [0.2, 0.25) is 0 Å². The van der Waals surface area contributed by atoms with Crippen LogP contribution in [0.3, 0.4) is 0 Å². The average Bonchev–Trinajstić information content (AvgIpc) is 2.85. The molecular weight excluding hydrogens is 344 g/mol. The summed E-state index contributed by atoms with van der Waals surface area (Å²) in [6.45, 7) is 6.00. The number of halogens is 1. The molecule has 5 N–H and O–H groups in total. The Bertz CT molecular complexity index is 658. The first-order valence-corrected chi connectivity index (χ1v) is 8.05. The fourth-order valence-electron chi connectivity index (χ4n) is 2.56. The standard InChI is InChI=1S/C17H24N4O3.ClH/c1-4-17(18,5-2)10-19-13(22)11-6-8-12(9-7-11)16(3)14(23)20-15(24)21-16;/h6-9H,4-5,10,18H2,1-3H3,(H,19,22)(H2,20,21,23,24);1H. The van der Waals surface area contributed by atoms with Crippen LogP contribution >= 0.6 is 12.4 Å². The molecule has 0 aromatic heterocycles. The Labute approximate surface area is 153 Å². The molecule has 1 heterocycles. The molecule has 8 heteroatoms. The van der Waals surface area contributed by atoms with Gasteiger partial charge in [0, 0.05) is 17.6 Å². The van der Waals surface area contributed by atoms with Gasteiger partial charge >= 0.3 is 6.03 Å². The SMILES string of the molecule is CCC(N)(CC)CNC(=O)c1ccc(C2(C)NC(=O)NC2=O)cc1.Cl. The molecule has 2 rings (SSSR count). The Hall–Kier alpha value is -2.12. The maximum atomic E-state index is 12.2. The number of urea groups is 1. The van der Waals surface area contributed by atoms with Crippen LogP contribution in [0.5, 0.6) is 0 Å².